The highest BCUT2D eigenvalue weighted by atomic mass is 15.1. The molecule has 0 saturated heterocycles. The molecule has 74 valence electrons. The summed E-state index contributed by atoms with van der Waals surface area (Å²) in [6, 6.07) is 10.7. The average Bonchev–Trinajstić information content (AvgIpc) is 2.19. The van der Waals surface area contributed by atoms with Gasteiger partial charge in [-0.05, 0) is 24.6 Å². The fourth-order valence-electron chi connectivity index (χ4n) is 1.37. The standard InChI is InChI=1S/C12H16N2/c1-3-11-4-6-12(7-5-11)10-14(2)9-8-13/h4-7H,3,9-10H2,1-2H3. The van der Waals surface area contributed by atoms with Crippen LogP contribution in [0.1, 0.15) is 18.1 Å². The van der Waals surface area contributed by atoms with Gasteiger partial charge < -0.3 is 0 Å². The number of rotatable bonds is 4. The first-order chi connectivity index (χ1) is 6.76. The van der Waals surface area contributed by atoms with E-state index in [0.29, 0.717) is 6.54 Å². The van der Waals surface area contributed by atoms with Crippen LogP contribution < -0.4 is 0 Å². The molecule has 0 bridgehead atoms. The van der Waals surface area contributed by atoms with E-state index in [9.17, 15) is 0 Å². The fourth-order valence-corrected chi connectivity index (χ4v) is 1.37. The minimum absolute atomic E-state index is 0.482. The third kappa shape index (κ3) is 3.20. The van der Waals surface area contributed by atoms with Crippen LogP contribution in [0.4, 0.5) is 0 Å². The third-order valence-corrected chi connectivity index (χ3v) is 2.22. The highest BCUT2D eigenvalue weighted by molar-refractivity contribution is 5.22. The Bertz CT molecular complexity index is 308. The largest absolute Gasteiger partial charge is 0.289 e. The van der Waals surface area contributed by atoms with Crippen LogP contribution >= 0.6 is 0 Å². The van der Waals surface area contributed by atoms with Crippen molar-refractivity contribution in [3.8, 4) is 6.07 Å². The maximum absolute atomic E-state index is 8.51. The number of hydrogen-bond donors (Lipinski definition) is 0. The van der Waals surface area contributed by atoms with Crippen LogP contribution in [0.15, 0.2) is 24.3 Å². The molecule has 2 nitrogen and oxygen atoms in total. The first kappa shape index (κ1) is 10.7. The van der Waals surface area contributed by atoms with Crippen molar-refractivity contribution in [3.05, 3.63) is 35.4 Å². The summed E-state index contributed by atoms with van der Waals surface area (Å²) < 4.78 is 0. The van der Waals surface area contributed by atoms with E-state index in [-0.39, 0.29) is 0 Å². The molecule has 1 aromatic carbocycles. The predicted octanol–water partition coefficient (Wildman–Crippen LogP) is 2.20. The first-order valence-electron chi connectivity index (χ1n) is 4.89. The number of nitriles is 1. The molecule has 14 heavy (non-hydrogen) atoms. The van der Waals surface area contributed by atoms with Gasteiger partial charge in [-0.1, -0.05) is 31.2 Å². The zero-order valence-electron chi connectivity index (χ0n) is 8.83. The molecule has 0 fully saturated rings. The molecular formula is C12H16N2. The van der Waals surface area contributed by atoms with Gasteiger partial charge in [-0.3, -0.25) is 4.90 Å². The number of nitrogens with zero attached hydrogens (tertiary/aromatic N) is 2. The minimum Gasteiger partial charge on any atom is -0.289 e. The molecule has 1 aromatic rings. The number of benzene rings is 1. The topological polar surface area (TPSA) is 27.0 Å². The van der Waals surface area contributed by atoms with Crippen molar-refractivity contribution in [2.75, 3.05) is 13.6 Å². The zero-order valence-corrected chi connectivity index (χ0v) is 8.83. The van der Waals surface area contributed by atoms with Gasteiger partial charge in [-0.25, -0.2) is 0 Å². The van der Waals surface area contributed by atoms with Crippen LogP contribution in [0.3, 0.4) is 0 Å². The minimum atomic E-state index is 0.482. The maximum atomic E-state index is 8.51. The van der Waals surface area contributed by atoms with Crippen LogP contribution in [0.25, 0.3) is 0 Å². The van der Waals surface area contributed by atoms with Crippen LogP contribution in [0, 0.1) is 11.3 Å². The van der Waals surface area contributed by atoms with Crippen molar-refractivity contribution in [3.63, 3.8) is 0 Å². The molecule has 0 aliphatic heterocycles. The van der Waals surface area contributed by atoms with E-state index in [2.05, 4.69) is 37.3 Å². The summed E-state index contributed by atoms with van der Waals surface area (Å²) in [5, 5.41) is 8.51. The molecule has 0 radical (unpaired) electrons. The SMILES string of the molecule is CCc1ccc(CN(C)CC#N)cc1. The molecule has 2 heteroatoms. The van der Waals surface area contributed by atoms with Gasteiger partial charge in [0.05, 0.1) is 12.6 Å². The van der Waals surface area contributed by atoms with Crippen molar-refractivity contribution in [2.24, 2.45) is 0 Å². The van der Waals surface area contributed by atoms with Crippen LogP contribution in [-0.4, -0.2) is 18.5 Å². The Morgan fingerprint density at radius 1 is 1.21 bits per heavy atom. The lowest BCUT2D eigenvalue weighted by molar-refractivity contribution is 0.367. The number of hydrogen-bond acceptors (Lipinski definition) is 2. The summed E-state index contributed by atoms with van der Waals surface area (Å²) in [6.45, 7) is 3.48. The first-order valence-corrected chi connectivity index (χ1v) is 4.89. The Balaban J connectivity index is 2.56. The molecule has 0 aromatic heterocycles. The Hall–Kier alpha value is -1.33. The summed E-state index contributed by atoms with van der Waals surface area (Å²) in [7, 11) is 1.96. The Morgan fingerprint density at radius 3 is 2.29 bits per heavy atom. The highest BCUT2D eigenvalue weighted by Crippen LogP contribution is 2.06. The van der Waals surface area contributed by atoms with Crippen molar-refractivity contribution < 1.29 is 0 Å². The molecule has 0 heterocycles. The van der Waals surface area contributed by atoms with Crippen LogP contribution in [-0.2, 0) is 13.0 Å². The molecule has 0 spiro atoms. The van der Waals surface area contributed by atoms with Gasteiger partial charge in [0.25, 0.3) is 0 Å². The van der Waals surface area contributed by atoms with Gasteiger partial charge >= 0.3 is 0 Å². The Labute approximate surface area is 85.8 Å². The molecule has 0 amide bonds. The van der Waals surface area contributed by atoms with Gasteiger partial charge in [-0.15, -0.1) is 0 Å². The summed E-state index contributed by atoms with van der Waals surface area (Å²) >= 11 is 0. The van der Waals surface area contributed by atoms with Crippen molar-refractivity contribution in [1.82, 2.24) is 4.90 Å². The highest BCUT2D eigenvalue weighted by Gasteiger charge is 1.98. The van der Waals surface area contributed by atoms with E-state index in [1.807, 2.05) is 11.9 Å². The number of aryl methyl sites for hydroxylation is 1. The lowest BCUT2D eigenvalue weighted by Gasteiger charge is -2.12. The van der Waals surface area contributed by atoms with E-state index in [1.54, 1.807) is 0 Å². The molecule has 0 saturated carbocycles. The summed E-state index contributed by atoms with van der Waals surface area (Å²) in [5.41, 5.74) is 2.62. The summed E-state index contributed by atoms with van der Waals surface area (Å²) in [6.07, 6.45) is 1.08. The van der Waals surface area contributed by atoms with E-state index >= 15 is 0 Å². The van der Waals surface area contributed by atoms with E-state index in [0.717, 1.165) is 13.0 Å². The molecule has 0 aliphatic carbocycles. The third-order valence-electron chi connectivity index (χ3n) is 2.22. The lowest BCUT2D eigenvalue weighted by Crippen LogP contribution is -2.17. The Kier molecular flexibility index (Phi) is 4.15. The van der Waals surface area contributed by atoms with Crippen molar-refractivity contribution >= 4 is 0 Å². The molecule has 0 aliphatic rings. The molecule has 1 rings (SSSR count). The summed E-state index contributed by atoms with van der Waals surface area (Å²) in [4.78, 5) is 2.00. The molecular weight excluding hydrogens is 172 g/mol. The quantitative estimate of drug-likeness (QED) is 0.677. The van der Waals surface area contributed by atoms with Gasteiger partial charge in [-0.2, -0.15) is 5.26 Å². The second-order valence-corrected chi connectivity index (χ2v) is 3.50. The Morgan fingerprint density at radius 2 is 1.79 bits per heavy atom. The monoisotopic (exact) mass is 188 g/mol. The molecule has 0 unspecified atom stereocenters. The lowest BCUT2D eigenvalue weighted by atomic mass is 10.1. The van der Waals surface area contributed by atoms with Gasteiger partial charge in [0.2, 0.25) is 0 Å². The summed E-state index contributed by atoms with van der Waals surface area (Å²) in [5.74, 6) is 0. The van der Waals surface area contributed by atoms with E-state index < -0.39 is 0 Å². The predicted molar refractivity (Wildman–Crippen MR) is 57.8 cm³/mol. The molecule has 0 atom stereocenters. The smallest absolute Gasteiger partial charge is 0.0866 e. The van der Waals surface area contributed by atoms with E-state index in [4.69, 9.17) is 5.26 Å². The van der Waals surface area contributed by atoms with Gasteiger partial charge in [0, 0.05) is 6.54 Å². The van der Waals surface area contributed by atoms with Crippen LogP contribution in [0.2, 0.25) is 0 Å². The fraction of sp³-hybridized carbons (Fsp3) is 0.417. The average molecular weight is 188 g/mol. The normalized spacial score (nSPS) is 10.1. The maximum Gasteiger partial charge on any atom is 0.0866 e. The van der Waals surface area contributed by atoms with Gasteiger partial charge in [0.15, 0.2) is 0 Å². The van der Waals surface area contributed by atoms with Gasteiger partial charge in [0.1, 0.15) is 0 Å². The van der Waals surface area contributed by atoms with Crippen molar-refractivity contribution in [1.29, 1.82) is 5.26 Å². The van der Waals surface area contributed by atoms with Crippen LogP contribution in [0.5, 0.6) is 0 Å². The zero-order chi connectivity index (χ0) is 10.4. The molecule has 0 N–H and O–H groups in total. The second kappa shape index (κ2) is 5.41. The van der Waals surface area contributed by atoms with Crippen molar-refractivity contribution in [2.45, 2.75) is 19.9 Å². The van der Waals surface area contributed by atoms with E-state index in [1.165, 1.54) is 11.1 Å². The second-order valence-electron chi connectivity index (χ2n) is 3.50.